The van der Waals surface area contributed by atoms with Crippen LogP contribution in [0.15, 0.2) is 42.5 Å². The first-order valence-corrected chi connectivity index (χ1v) is 6.13. The van der Waals surface area contributed by atoms with E-state index in [1.807, 2.05) is 0 Å². The van der Waals surface area contributed by atoms with Crippen LogP contribution in [0.1, 0.15) is 5.56 Å². The molecular formula is C16H12F2N2O. The molecule has 0 aliphatic carbocycles. The van der Waals surface area contributed by atoms with Gasteiger partial charge in [-0.15, -0.1) is 6.42 Å². The van der Waals surface area contributed by atoms with Gasteiger partial charge < -0.3 is 10.6 Å². The monoisotopic (exact) mass is 286 g/mol. The number of anilines is 2. The van der Waals surface area contributed by atoms with E-state index in [1.165, 1.54) is 0 Å². The van der Waals surface area contributed by atoms with Crippen LogP contribution in [0, 0.1) is 24.0 Å². The van der Waals surface area contributed by atoms with E-state index in [2.05, 4.69) is 16.6 Å². The molecule has 2 aromatic rings. The van der Waals surface area contributed by atoms with Crippen molar-refractivity contribution >= 4 is 17.3 Å². The topological polar surface area (TPSA) is 41.1 Å². The summed E-state index contributed by atoms with van der Waals surface area (Å²) in [6.07, 6.45) is 5.28. The van der Waals surface area contributed by atoms with Gasteiger partial charge in [-0.05, 0) is 30.3 Å². The second-order valence-electron chi connectivity index (χ2n) is 4.28. The second-order valence-corrected chi connectivity index (χ2v) is 4.28. The summed E-state index contributed by atoms with van der Waals surface area (Å²) in [5.74, 6) is 0.558. The maximum absolute atomic E-state index is 13.0. The highest BCUT2D eigenvalue weighted by molar-refractivity contribution is 5.93. The molecule has 21 heavy (non-hydrogen) atoms. The van der Waals surface area contributed by atoms with Crippen LogP contribution in [-0.2, 0) is 4.79 Å². The van der Waals surface area contributed by atoms with E-state index in [1.54, 1.807) is 24.3 Å². The van der Waals surface area contributed by atoms with Crippen molar-refractivity contribution in [2.75, 3.05) is 17.2 Å². The number of amides is 1. The van der Waals surface area contributed by atoms with E-state index in [4.69, 9.17) is 6.42 Å². The average molecular weight is 286 g/mol. The molecule has 0 aliphatic rings. The third-order valence-electron chi connectivity index (χ3n) is 2.63. The lowest BCUT2D eigenvalue weighted by atomic mass is 10.2. The third-order valence-corrected chi connectivity index (χ3v) is 2.63. The molecule has 0 radical (unpaired) electrons. The predicted molar refractivity (Wildman–Crippen MR) is 77.9 cm³/mol. The fourth-order valence-electron chi connectivity index (χ4n) is 1.73. The molecular weight excluding hydrogens is 274 g/mol. The maximum atomic E-state index is 13.0. The number of nitrogens with one attached hydrogen (secondary N) is 2. The van der Waals surface area contributed by atoms with Crippen molar-refractivity contribution in [2.24, 2.45) is 0 Å². The molecule has 2 N–H and O–H groups in total. The van der Waals surface area contributed by atoms with Gasteiger partial charge in [0.15, 0.2) is 0 Å². The van der Waals surface area contributed by atoms with Crippen molar-refractivity contribution in [3.05, 3.63) is 59.7 Å². The minimum Gasteiger partial charge on any atom is -0.376 e. The van der Waals surface area contributed by atoms with Crippen molar-refractivity contribution in [1.82, 2.24) is 0 Å². The summed E-state index contributed by atoms with van der Waals surface area (Å²) in [6.45, 7) is -0.0494. The van der Waals surface area contributed by atoms with Gasteiger partial charge in [0.2, 0.25) is 5.91 Å². The standard InChI is InChI=1S/C16H12F2N2O/c1-2-11-4-3-5-14(6-11)19-10-16(21)20-15-8-12(17)7-13(18)9-15/h1,3-9,19H,10H2,(H,20,21). The third kappa shape index (κ3) is 4.32. The summed E-state index contributed by atoms with van der Waals surface area (Å²) >= 11 is 0. The number of terminal acetylenes is 1. The summed E-state index contributed by atoms with van der Waals surface area (Å²) in [4.78, 5) is 11.7. The van der Waals surface area contributed by atoms with Gasteiger partial charge in [-0.2, -0.15) is 0 Å². The van der Waals surface area contributed by atoms with E-state index < -0.39 is 17.5 Å². The number of hydrogen-bond donors (Lipinski definition) is 2. The maximum Gasteiger partial charge on any atom is 0.243 e. The van der Waals surface area contributed by atoms with E-state index in [0.29, 0.717) is 11.3 Å². The van der Waals surface area contributed by atoms with E-state index in [9.17, 15) is 13.6 Å². The molecule has 0 saturated carbocycles. The molecule has 0 saturated heterocycles. The molecule has 0 heterocycles. The molecule has 2 aromatic carbocycles. The minimum absolute atomic E-state index is 0.0494. The Labute approximate surface area is 121 Å². The van der Waals surface area contributed by atoms with Crippen molar-refractivity contribution in [3.8, 4) is 12.3 Å². The summed E-state index contributed by atoms with van der Waals surface area (Å²) in [6, 6.07) is 9.82. The molecule has 3 nitrogen and oxygen atoms in total. The summed E-state index contributed by atoms with van der Waals surface area (Å²) < 4.78 is 26.0. The van der Waals surface area contributed by atoms with Gasteiger partial charge in [-0.3, -0.25) is 4.79 Å². The Kier molecular flexibility index (Phi) is 4.52. The van der Waals surface area contributed by atoms with E-state index >= 15 is 0 Å². The minimum atomic E-state index is -0.750. The molecule has 0 spiro atoms. The Morgan fingerprint density at radius 3 is 2.48 bits per heavy atom. The zero-order valence-corrected chi connectivity index (χ0v) is 11.0. The highest BCUT2D eigenvalue weighted by Gasteiger charge is 2.05. The highest BCUT2D eigenvalue weighted by Crippen LogP contribution is 2.13. The fraction of sp³-hybridized carbons (Fsp3) is 0.0625. The van der Waals surface area contributed by atoms with Gasteiger partial charge in [-0.1, -0.05) is 12.0 Å². The number of carbonyl (C=O) groups excluding carboxylic acids is 1. The van der Waals surface area contributed by atoms with Gasteiger partial charge in [0.05, 0.1) is 6.54 Å². The van der Waals surface area contributed by atoms with Gasteiger partial charge in [0.1, 0.15) is 11.6 Å². The van der Waals surface area contributed by atoms with Crippen LogP contribution < -0.4 is 10.6 Å². The van der Waals surface area contributed by atoms with Crippen LogP contribution in [0.2, 0.25) is 0 Å². The Morgan fingerprint density at radius 2 is 1.81 bits per heavy atom. The van der Waals surface area contributed by atoms with Crippen LogP contribution >= 0.6 is 0 Å². The normalized spacial score (nSPS) is 9.76. The first-order valence-electron chi connectivity index (χ1n) is 6.13. The Morgan fingerprint density at radius 1 is 1.10 bits per heavy atom. The molecule has 106 valence electrons. The molecule has 2 rings (SSSR count). The lowest BCUT2D eigenvalue weighted by Gasteiger charge is -2.08. The molecule has 0 fully saturated rings. The Balaban J connectivity index is 1.94. The molecule has 0 bridgehead atoms. The number of hydrogen-bond acceptors (Lipinski definition) is 2. The molecule has 0 atom stereocenters. The second kappa shape index (κ2) is 6.53. The first kappa shape index (κ1) is 14.5. The predicted octanol–water partition coefficient (Wildman–Crippen LogP) is 3.00. The molecule has 5 heteroatoms. The Bertz CT molecular complexity index is 687. The van der Waals surface area contributed by atoms with E-state index in [-0.39, 0.29) is 12.2 Å². The largest absolute Gasteiger partial charge is 0.376 e. The number of rotatable bonds is 4. The van der Waals surface area contributed by atoms with Crippen LogP contribution in [0.3, 0.4) is 0 Å². The lowest BCUT2D eigenvalue weighted by molar-refractivity contribution is -0.114. The molecule has 0 aromatic heterocycles. The number of halogens is 2. The van der Waals surface area contributed by atoms with Gasteiger partial charge in [-0.25, -0.2) is 8.78 Å². The van der Waals surface area contributed by atoms with Gasteiger partial charge in [0.25, 0.3) is 0 Å². The highest BCUT2D eigenvalue weighted by atomic mass is 19.1. The zero-order valence-electron chi connectivity index (χ0n) is 11.0. The van der Waals surface area contributed by atoms with Crippen LogP contribution in [-0.4, -0.2) is 12.5 Å². The Hall–Kier alpha value is -2.87. The lowest BCUT2D eigenvalue weighted by Crippen LogP contribution is -2.21. The smallest absolute Gasteiger partial charge is 0.243 e. The van der Waals surface area contributed by atoms with E-state index in [0.717, 1.165) is 18.2 Å². The van der Waals surface area contributed by atoms with Crippen LogP contribution in [0.4, 0.5) is 20.2 Å². The molecule has 0 unspecified atom stereocenters. The average Bonchev–Trinajstić information content (AvgIpc) is 2.44. The number of carbonyl (C=O) groups is 1. The summed E-state index contributed by atoms with van der Waals surface area (Å²) in [5.41, 5.74) is 1.44. The number of benzene rings is 2. The van der Waals surface area contributed by atoms with Crippen molar-refractivity contribution < 1.29 is 13.6 Å². The quantitative estimate of drug-likeness (QED) is 0.848. The summed E-state index contributed by atoms with van der Waals surface area (Å²) in [7, 11) is 0. The van der Waals surface area contributed by atoms with Crippen molar-refractivity contribution in [3.63, 3.8) is 0 Å². The molecule has 1 amide bonds. The van der Waals surface area contributed by atoms with Gasteiger partial charge in [0, 0.05) is 23.0 Å². The fourth-order valence-corrected chi connectivity index (χ4v) is 1.73. The zero-order chi connectivity index (χ0) is 15.2. The summed E-state index contributed by atoms with van der Waals surface area (Å²) in [5, 5.41) is 5.27. The SMILES string of the molecule is C#Cc1cccc(NCC(=O)Nc2cc(F)cc(F)c2)c1. The first-order chi connectivity index (χ1) is 10.1. The van der Waals surface area contributed by atoms with Crippen molar-refractivity contribution in [2.45, 2.75) is 0 Å². The van der Waals surface area contributed by atoms with Gasteiger partial charge >= 0.3 is 0 Å². The van der Waals surface area contributed by atoms with Crippen molar-refractivity contribution in [1.29, 1.82) is 0 Å². The molecule has 0 aliphatic heterocycles. The van der Waals surface area contributed by atoms with Crippen LogP contribution in [0.5, 0.6) is 0 Å². The van der Waals surface area contributed by atoms with Crippen LogP contribution in [0.25, 0.3) is 0 Å².